The molecule has 0 unspecified atom stereocenters. The van der Waals surface area contributed by atoms with Crippen LogP contribution in [0.3, 0.4) is 0 Å². The van der Waals surface area contributed by atoms with Crippen molar-refractivity contribution in [1.29, 1.82) is 0 Å². The largest absolute Gasteiger partial charge is 0.294 e. The van der Waals surface area contributed by atoms with Gasteiger partial charge in [0.2, 0.25) is 0 Å². The highest BCUT2D eigenvalue weighted by molar-refractivity contribution is 6.07. The van der Waals surface area contributed by atoms with Crippen molar-refractivity contribution in [3.8, 4) is 0 Å². The van der Waals surface area contributed by atoms with E-state index in [1.165, 1.54) is 27.8 Å². The minimum Gasteiger partial charge on any atom is -0.294 e. The van der Waals surface area contributed by atoms with E-state index in [2.05, 4.69) is 39.0 Å². The molecule has 1 spiro atoms. The Bertz CT molecular complexity index is 748. The third-order valence-corrected chi connectivity index (χ3v) is 5.38. The van der Waals surface area contributed by atoms with Crippen LogP contribution in [0.2, 0.25) is 0 Å². The van der Waals surface area contributed by atoms with Gasteiger partial charge >= 0.3 is 0 Å². The highest BCUT2D eigenvalue weighted by Gasteiger charge is 2.63. The second-order valence-corrected chi connectivity index (χ2v) is 6.89. The molecule has 0 N–H and O–H groups in total. The fourth-order valence-corrected chi connectivity index (χ4v) is 4.46. The molecule has 2 aliphatic carbocycles. The molecule has 2 aliphatic rings. The number of carbonyl (C=O) groups is 1. The van der Waals surface area contributed by atoms with Gasteiger partial charge in [0.25, 0.3) is 0 Å². The van der Waals surface area contributed by atoms with Crippen molar-refractivity contribution in [3.63, 3.8) is 0 Å². The number of ketones is 1. The fourth-order valence-electron chi connectivity index (χ4n) is 4.46. The molecule has 0 aromatic heterocycles. The molecular weight excluding hydrogens is 256 g/mol. The average molecular weight is 276 g/mol. The number of carbonyl (C=O) groups excluding carboxylic acids is 1. The topological polar surface area (TPSA) is 17.1 Å². The van der Waals surface area contributed by atoms with Crippen molar-refractivity contribution in [2.45, 2.75) is 39.5 Å². The number of hydrogen-bond donors (Lipinski definition) is 0. The smallest absolute Gasteiger partial charge is 0.170 e. The van der Waals surface area contributed by atoms with E-state index in [0.717, 1.165) is 18.4 Å². The maximum Gasteiger partial charge on any atom is 0.170 e. The van der Waals surface area contributed by atoms with Gasteiger partial charge in [-0.15, -0.1) is 0 Å². The first-order chi connectivity index (χ1) is 10.0. The number of rotatable bonds is 1. The van der Waals surface area contributed by atoms with E-state index in [9.17, 15) is 4.79 Å². The molecule has 1 saturated carbocycles. The first-order valence-electron chi connectivity index (χ1n) is 7.73. The summed E-state index contributed by atoms with van der Waals surface area (Å²) in [7, 11) is 0. The maximum atomic E-state index is 12.9. The minimum atomic E-state index is -0.130. The Morgan fingerprint density at radius 2 is 1.71 bits per heavy atom. The molecule has 4 rings (SSSR count). The van der Waals surface area contributed by atoms with Crippen molar-refractivity contribution >= 4 is 5.78 Å². The molecule has 1 fully saturated rings. The Morgan fingerprint density at radius 1 is 1.05 bits per heavy atom. The summed E-state index contributed by atoms with van der Waals surface area (Å²) in [5, 5.41) is 0. The number of benzene rings is 2. The molecule has 1 nitrogen and oxygen atoms in total. The van der Waals surface area contributed by atoms with Gasteiger partial charge in [-0.25, -0.2) is 0 Å². The van der Waals surface area contributed by atoms with Gasteiger partial charge in [0.15, 0.2) is 5.78 Å². The van der Waals surface area contributed by atoms with Crippen LogP contribution in [0.4, 0.5) is 0 Å². The summed E-state index contributed by atoms with van der Waals surface area (Å²) in [6.07, 6.45) is 1.95. The van der Waals surface area contributed by atoms with E-state index < -0.39 is 0 Å². The summed E-state index contributed by atoms with van der Waals surface area (Å²) < 4.78 is 0. The van der Waals surface area contributed by atoms with Crippen LogP contribution in [-0.2, 0) is 6.42 Å². The first-order valence-corrected chi connectivity index (χ1v) is 7.73. The quantitative estimate of drug-likeness (QED) is 0.748. The lowest BCUT2D eigenvalue weighted by Gasteiger charge is -2.14. The predicted molar refractivity (Wildman–Crippen MR) is 84.9 cm³/mol. The Morgan fingerprint density at radius 3 is 2.38 bits per heavy atom. The normalized spacial score (nSPS) is 26.2. The van der Waals surface area contributed by atoms with Gasteiger partial charge < -0.3 is 0 Å². The number of fused-ring (bicyclic) bond motifs is 1. The Balaban J connectivity index is 1.76. The van der Waals surface area contributed by atoms with Crippen LogP contribution in [0, 0.1) is 26.2 Å². The molecule has 0 aliphatic heterocycles. The zero-order chi connectivity index (χ0) is 14.8. The predicted octanol–water partition coefficient (Wildman–Crippen LogP) is 4.52. The highest BCUT2D eigenvalue weighted by atomic mass is 16.1. The van der Waals surface area contributed by atoms with Gasteiger partial charge in [0.1, 0.15) is 0 Å². The van der Waals surface area contributed by atoms with E-state index in [0.29, 0.717) is 11.7 Å². The summed E-state index contributed by atoms with van der Waals surface area (Å²) in [5.74, 6) is 0.792. The van der Waals surface area contributed by atoms with Crippen molar-refractivity contribution in [2.24, 2.45) is 5.41 Å². The SMILES string of the molecule is Cc1cc(C)c([C@H]2C[C@]23Cc2ccccc2C3=O)c(C)c1. The molecule has 2 aromatic rings. The monoisotopic (exact) mass is 276 g/mol. The van der Waals surface area contributed by atoms with Crippen molar-refractivity contribution in [3.05, 3.63) is 69.8 Å². The molecule has 0 heterocycles. The summed E-state index contributed by atoms with van der Waals surface area (Å²) in [6, 6.07) is 12.6. The van der Waals surface area contributed by atoms with Gasteiger partial charge in [0.05, 0.1) is 0 Å². The number of hydrogen-bond acceptors (Lipinski definition) is 1. The van der Waals surface area contributed by atoms with Crippen LogP contribution in [-0.4, -0.2) is 5.78 Å². The molecule has 0 radical (unpaired) electrons. The Kier molecular flexibility index (Phi) is 2.48. The van der Waals surface area contributed by atoms with Gasteiger partial charge in [0, 0.05) is 11.0 Å². The summed E-state index contributed by atoms with van der Waals surface area (Å²) in [5.41, 5.74) is 7.49. The molecule has 2 aromatic carbocycles. The molecular formula is C20H20O. The second kappa shape index (κ2) is 4.07. The lowest BCUT2D eigenvalue weighted by atomic mass is 9.89. The van der Waals surface area contributed by atoms with Crippen LogP contribution in [0.25, 0.3) is 0 Å². The van der Waals surface area contributed by atoms with E-state index >= 15 is 0 Å². The molecule has 0 bridgehead atoms. The number of aryl methyl sites for hydroxylation is 3. The first kappa shape index (κ1) is 12.8. The second-order valence-electron chi connectivity index (χ2n) is 6.89. The molecule has 106 valence electrons. The third-order valence-electron chi connectivity index (χ3n) is 5.38. The average Bonchev–Trinajstić information content (AvgIpc) is 3.04. The molecule has 21 heavy (non-hydrogen) atoms. The Labute approximate surface area is 126 Å². The number of Topliss-reactive ketones (excluding diaryl/α,β-unsaturated/α-hetero) is 1. The van der Waals surface area contributed by atoms with Crippen molar-refractivity contribution in [1.82, 2.24) is 0 Å². The zero-order valence-corrected chi connectivity index (χ0v) is 12.9. The van der Waals surface area contributed by atoms with Crippen LogP contribution >= 0.6 is 0 Å². The lowest BCUT2D eigenvalue weighted by molar-refractivity contribution is 0.0914. The van der Waals surface area contributed by atoms with Crippen molar-refractivity contribution in [2.75, 3.05) is 0 Å². The highest BCUT2D eigenvalue weighted by Crippen LogP contribution is 2.66. The van der Waals surface area contributed by atoms with Gasteiger partial charge in [-0.3, -0.25) is 4.79 Å². The van der Waals surface area contributed by atoms with E-state index in [1.54, 1.807) is 0 Å². The van der Waals surface area contributed by atoms with E-state index in [-0.39, 0.29) is 5.41 Å². The van der Waals surface area contributed by atoms with Gasteiger partial charge in [-0.1, -0.05) is 42.0 Å². The van der Waals surface area contributed by atoms with E-state index in [1.807, 2.05) is 18.2 Å². The van der Waals surface area contributed by atoms with Gasteiger partial charge in [-0.05, 0) is 61.8 Å². The molecule has 1 heteroatoms. The van der Waals surface area contributed by atoms with E-state index in [4.69, 9.17) is 0 Å². The fraction of sp³-hybridized carbons (Fsp3) is 0.350. The Hall–Kier alpha value is -1.89. The van der Waals surface area contributed by atoms with Gasteiger partial charge in [-0.2, -0.15) is 0 Å². The van der Waals surface area contributed by atoms with Crippen LogP contribution < -0.4 is 0 Å². The maximum absolute atomic E-state index is 12.9. The van der Waals surface area contributed by atoms with Crippen molar-refractivity contribution < 1.29 is 4.79 Å². The summed E-state index contributed by atoms with van der Waals surface area (Å²) >= 11 is 0. The minimum absolute atomic E-state index is 0.130. The van der Waals surface area contributed by atoms with Crippen LogP contribution in [0.1, 0.15) is 50.5 Å². The summed E-state index contributed by atoms with van der Waals surface area (Å²) in [4.78, 5) is 12.9. The standard InChI is InChI=1S/C20H20O/c1-12-8-13(2)18(14(3)9-12)17-11-20(17)10-15-6-4-5-7-16(15)19(20)21/h4-9,17H,10-11H2,1-3H3/t17-,20-/m1/s1. The molecule has 0 saturated heterocycles. The van der Waals surface area contributed by atoms with Crippen LogP contribution in [0.15, 0.2) is 36.4 Å². The summed E-state index contributed by atoms with van der Waals surface area (Å²) in [6.45, 7) is 6.52. The third kappa shape index (κ3) is 1.67. The zero-order valence-electron chi connectivity index (χ0n) is 12.9. The molecule has 2 atom stereocenters. The lowest BCUT2D eigenvalue weighted by Crippen LogP contribution is -2.13. The van der Waals surface area contributed by atoms with Crippen LogP contribution in [0.5, 0.6) is 0 Å². The molecule has 0 amide bonds.